The third-order valence-electron chi connectivity index (χ3n) is 2.00. The second kappa shape index (κ2) is 7.00. The van der Waals surface area contributed by atoms with Crippen molar-refractivity contribution < 1.29 is 0 Å². The quantitative estimate of drug-likeness (QED) is 0.599. The van der Waals surface area contributed by atoms with Crippen molar-refractivity contribution in [3.63, 3.8) is 0 Å². The highest BCUT2D eigenvalue weighted by Gasteiger charge is 2.18. The average Bonchev–Trinajstić information content (AvgIpc) is 2.07. The summed E-state index contributed by atoms with van der Waals surface area (Å²) in [6.45, 7) is 17.6. The van der Waals surface area contributed by atoms with Gasteiger partial charge in [0.25, 0.3) is 0 Å². The molecule has 2 heteroatoms. The molecule has 0 radical (unpaired) electrons. The minimum Gasteiger partial charge on any atom is -0.156 e. The molecule has 0 aromatic heterocycles. The Balaban J connectivity index is 4.02. The van der Waals surface area contributed by atoms with Crippen molar-refractivity contribution >= 4 is 23.5 Å². The molecule has 0 aliphatic carbocycles. The SMILES string of the molecule is C=CCC(CSC(C)(C)C)CSC(C)(C)C. The molecule has 0 N–H and O–H groups in total. The summed E-state index contributed by atoms with van der Waals surface area (Å²) >= 11 is 4.14. The predicted molar refractivity (Wildman–Crippen MR) is 82.7 cm³/mol. The Hall–Kier alpha value is 0.440. The summed E-state index contributed by atoms with van der Waals surface area (Å²) in [5, 5.41) is 0. The third-order valence-corrected chi connectivity index (χ3v) is 5.01. The van der Waals surface area contributed by atoms with Crippen LogP contribution < -0.4 is 0 Å². The van der Waals surface area contributed by atoms with Crippen LogP contribution in [0.15, 0.2) is 12.7 Å². The van der Waals surface area contributed by atoms with Crippen LogP contribution in [0.3, 0.4) is 0 Å². The van der Waals surface area contributed by atoms with Gasteiger partial charge in [-0.2, -0.15) is 23.5 Å². The molecule has 0 rings (SSSR count). The van der Waals surface area contributed by atoms with Gasteiger partial charge in [0.05, 0.1) is 0 Å². The number of thioether (sulfide) groups is 2. The van der Waals surface area contributed by atoms with Gasteiger partial charge in [-0.3, -0.25) is 0 Å². The lowest BCUT2D eigenvalue weighted by atomic mass is 10.1. The second-order valence-corrected chi connectivity index (χ2v) is 9.93. The Bertz CT molecular complexity index is 178. The van der Waals surface area contributed by atoms with Gasteiger partial charge in [0.2, 0.25) is 0 Å². The monoisotopic (exact) mass is 260 g/mol. The third kappa shape index (κ3) is 10.9. The summed E-state index contributed by atoms with van der Waals surface area (Å²) in [6, 6.07) is 0. The van der Waals surface area contributed by atoms with Gasteiger partial charge in [0.1, 0.15) is 0 Å². The Kier molecular flexibility index (Phi) is 7.20. The Morgan fingerprint density at radius 3 is 1.56 bits per heavy atom. The van der Waals surface area contributed by atoms with Crippen LogP contribution in [0.5, 0.6) is 0 Å². The molecule has 0 saturated heterocycles. The summed E-state index contributed by atoms with van der Waals surface area (Å²) in [5.41, 5.74) is 0. The molecule has 0 saturated carbocycles. The van der Waals surface area contributed by atoms with Crippen LogP contribution in [-0.4, -0.2) is 21.0 Å². The lowest BCUT2D eigenvalue weighted by Gasteiger charge is -2.25. The molecule has 0 bridgehead atoms. The summed E-state index contributed by atoms with van der Waals surface area (Å²) < 4.78 is 0.762. The fraction of sp³-hybridized carbons (Fsp3) is 0.857. The van der Waals surface area contributed by atoms with Crippen LogP contribution in [0.25, 0.3) is 0 Å². The molecule has 0 spiro atoms. The zero-order valence-corrected chi connectivity index (χ0v) is 13.4. The molecule has 0 aromatic rings. The van der Waals surface area contributed by atoms with Crippen molar-refractivity contribution in [3.8, 4) is 0 Å². The maximum atomic E-state index is 3.87. The van der Waals surface area contributed by atoms with Crippen molar-refractivity contribution in [2.24, 2.45) is 5.92 Å². The lowest BCUT2D eigenvalue weighted by Crippen LogP contribution is -2.17. The molecule has 0 nitrogen and oxygen atoms in total. The Labute approximate surface area is 111 Å². The molecular weight excluding hydrogens is 232 g/mol. The molecule has 0 unspecified atom stereocenters. The first-order chi connectivity index (χ1) is 7.14. The van der Waals surface area contributed by atoms with E-state index < -0.39 is 0 Å². The van der Waals surface area contributed by atoms with Gasteiger partial charge < -0.3 is 0 Å². The Morgan fingerprint density at radius 1 is 0.938 bits per heavy atom. The number of hydrogen-bond donors (Lipinski definition) is 0. The molecular formula is C14H28S2. The molecule has 16 heavy (non-hydrogen) atoms. The summed E-state index contributed by atoms with van der Waals surface area (Å²) in [7, 11) is 0. The molecule has 0 heterocycles. The number of rotatable bonds is 6. The zero-order chi connectivity index (χ0) is 12.8. The van der Waals surface area contributed by atoms with Crippen LogP contribution in [0, 0.1) is 5.92 Å². The van der Waals surface area contributed by atoms with Gasteiger partial charge in [-0.05, 0) is 23.8 Å². The van der Waals surface area contributed by atoms with E-state index in [9.17, 15) is 0 Å². The molecule has 0 amide bonds. The fourth-order valence-corrected chi connectivity index (χ4v) is 3.28. The molecule has 96 valence electrons. The van der Waals surface area contributed by atoms with Crippen molar-refractivity contribution in [2.75, 3.05) is 11.5 Å². The molecule has 0 aliphatic rings. The van der Waals surface area contributed by atoms with Crippen LogP contribution in [0.4, 0.5) is 0 Å². The Morgan fingerprint density at radius 2 is 1.31 bits per heavy atom. The highest BCUT2D eigenvalue weighted by molar-refractivity contribution is 8.01. The normalized spacial score (nSPS) is 13.2. The van der Waals surface area contributed by atoms with E-state index in [4.69, 9.17) is 0 Å². The topological polar surface area (TPSA) is 0 Å². The van der Waals surface area contributed by atoms with Crippen LogP contribution in [0.2, 0.25) is 0 Å². The molecule has 0 atom stereocenters. The van der Waals surface area contributed by atoms with Gasteiger partial charge in [-0.15, -0.1) is 6.58 Å². The maximum Gasteiger partial charge on any atom is 0.00752 e. The van der Waals surface area contributed by atoms with Gasteiger partial charge in [-0.1, -0.05) is 47.6 Å². The van der Waals surface area contributed by atoms with Crippen molar-refractivity contribution in [1.29, 1.82) is 0 Å². The van der Waals surface area contributed by atoms with Crippen LogP contribution in [-0.2, 0) is 0 Å². The van der Waals surface area contributed by atoms with Crippen molar-refractivity contribution in [3.05, 3.63) is 12.7 Å². The van der Waals surface area contributed by atoms with E-state index in [2.05, 4.69) is 77.7 Å². The number of allylic oxidation sites excluding steroid dienone is 1. The largest absolute Gasteiger partial charge is 0.156 e. The molecule has 0 aliphatic heterocycles. The standard InChI is InChI=1S/C14H28S2/c1-8-9-12(10-15-13(2,3)4)11-16-14(5,6)7/h8,12H,1,9-11H2,2-7H3. The van der Waals surface area contributed by atoms with E-state index in [1.807, 2.05) is 0 Å². The second-order valence-electron chi connectivity index (χ2n) is 6.24. The lowest BCUT2D eigenvalue weighted by molar-refractivity contribution is 0.673. The van der Waals surface area contributed by atoms with Crippen molar-refractivity contribution in [1.82, 2.24) is 0 Å². The van der Waals surface area contributed by atoms with Gasteiger partial charge >= 0.3 is 0 Å². The van der Waals surface area contributed by atoms with E-state index in [0.29, 0.717) is 9.49 Å². The maximum absolute atomic E-state index is 3.87. The van der Waals surface area contributed by atoms with Crippen molar-refractivity contribution in [2.45, 2.75) is 57.5 Å². The minimum absolute atomic E-state index is 0.381. The highest BCUT2D eigenvalue weighted by atomic mass is 32.2. The van der Waals surface area contributed by atoms with Crippen LogP contribution >= 0.6 is 23.5 Å². The summed E-state index contributed by atoms with van der Waals surface area (Å²) in [5.74, 6) is 3.27. The van der Waals surface area contributed by atoms with E-state index in [1.165, 1.54) is 11.5 Å². The zero-order valence-electron chi connectivity index (χ0n) is 11.8. The first-order valence-corrected chi connectivity index (χ1v) is 8.00. The van der Waals surface area contributed by atoms with E-state index >= 15 is 0 Å². The van der Waals surface area contributed by atoms with E-state index in [-0.39, 0.29) is 0 Å². The molecule has 0 fully saturated rings. The predicted octanol–water partition coefficient (Wildman–Crippen LogP) is 5.24. The van der Waals surface area contributed by atoms with E-state index in [1.54, 1.807) is 0 Å². The minimum atomic E-state index is 0.381. The van der Waals surface area contributed by atoms with E-state index in [0.717, 1.165) is 12.3 Å². The average molecular weight is 261 g/mol. The van der Waals surface area contributed by atoms with Gasteiger partial charge in [0.15, 0.2) is 0 Å². The first-order valence-electron chi connectivity index (χ1n) is 6.03. The highest BCUT2D eigenvalue weighted by Crippen LogP contribution is 2.31. The smallest absolute Gasteiger partial charge is 0.00752 e. The van der Waals surface area contributed by atoms with Gasteiger partial charge in [-0.25, -0.2) is 0 Å². The molecule has 0 aromatic carbocycles. The van der Waals surface area contributed by atoms with Gasteiger partial charge in [0, 0.05) is 9.49 Å². The number of hydrogen-bond acceptors (Lipinski definition) is 2. The first kappa shape index (κ1) is 16.4. The fourth-order valence-electron chi connectivity index (χ4n) is 1.16. The summed E-state index contributed by atoms with van der Waals surface area (Å²) in [4.78, 5) is 0. The summed E-state index contributed by atoms with van der Waals surface area (Å²) in [6.07, 6.45) is 3.21. The van der Waals surface area contributed by atoms with Crippen LogP contribution in [0.1, 0.15) is 48.0 Å².